The van der Waals surface area contributed by atoms with Crippen LogP contribution in [0.3, 0.4) is 0 Å². The number of hydrogen-bond donors (Lipinski definition) is 3. The van der Waals surface area contributed by atoms with Crippen molar-refractivity contribution in [3.05, 3.63) is 35.5 Å². The molecule has 1 aromatic heterocycles. The van der Waals surface area contributed by atoms with Gasteiger partial charge < -0.3 is 15.5 Å². The average Bonchev–Trinajstić information content (AvgIpc) is 2.85. The molecular formula is C12H13FN2O2S. The number of aromatic nitrogens is 1. The van der Waals surface area contributed by atoms with E-state index in [2.05, 4.69) is 10.3 Å². The van der Waals surface area contributed by atoms with E-state index in [1.54, 1.807) is 12.1 Å². The Morgan fingerprint density at radius 3 is 2.72 bits per heavy atom. The van der Waals surface area contributed by atoms with Gasteiger partial charge in [-0.25, -0.2) is 9.37 Å². The Kier molecular flexibility index (Phi) is 4.24. The number of nitrogens with zero attached hydrogens (tertiary/aromatic N) is 1. The summed E-state index contributed by atoms with van der Waals surface area (Å²) in [6.07, 6.45) is -0.803. The van der Waals surface area contributed by atoms with Crippen LogP contribution in [0, 0.1) is 5.82 Å². The van der Waals surface area contributed by atoms with Crippen LogP contribution in [0.25, 0.3) is 11.3 Å². The number of rotatable bonds is 5. The van der Waals surface area contributed by atoms with E-state index >= 15 is 0 Å². The molecule has 0 spiro atoms. The molecule has 1 heterocycles. The summed E-state index contributed by atoms with van der Waals surface area (Å²) < 4.78 is 12.8. The van der Waals surface area contributed by atoms with E-state index in [0.717, 1.165) is 11.3 Å². The third-order valence-electron chi connectivity index (χ3n) is 2.34. The van der Waals surface area contributed by atoms with Crippen molar-refractivity contribution in [3.63, 3.8) is 0 Å². The number of aliphatic hydroxyl groups excluding tert-OH is 2. The summed E-state index contributed by atoms with van der Waals surface area (Å²) in [7, 11) is 0. The van der Waals surface area contributed by atoms with Crippen LogP contribution in [0.2, 0.25) is 0 Å². The van der Waals surface area contributed by atoms with Crippen molar-refractivity contribution in [3.8, 4) is 11.3 Å². The van der Waals surface area contributed by atoms with Gasteiger partial charge >= 0.3 is 0 Å². The van der Waals surface area contributed by atoms with Gasteiger partial charge in [-0.1, -0.05) is 0 Å². The maximum atomic E-state index is 12.8. The third-order valence-corrected chi connectivity index (χ3v) is 3.14. The lowest BCUT2D eigenvalue weighted by atomic mass is 10.2. The van der Waals surface area contributed by atoms with E-state index in [0.29, 0.717) is 5.13 Å². The van der Waals surface area contributed by atoms with Gasteiger partial charge in [0.2, 0.25) is 0 Å². The van der Waals surface area contributed by atoms with Crippen molar-refractivity contribution in [1.82, 2.24) is 4.98 Å². The highest BCUT2D eigenvalue weighted by molar-refractivity contribution is 7.14. The number of anilines is 1. The van der Waals surface area contributed by atoms with Gasteiger partial charge in [0.1, 0.15) is 5.82 Å². The van der Waals surface area contributed by atoms with Crippen molar-refractivity contribution in [2.75, 3.05) is 18.5 Å². The van der Waals surface area contributed by atoms with Gasteiger partial charge in [-0.15, -0.1) is 11.3 Å². The molecule has 0 aliphatic rings. The second-order valence-corrected chi connectivity index (χ2v) is 4.62. The van der Waals surface area contributed by atoms with Gasteiger partial charge in [-0.05, 0) is 24.3 Å². The zero-order valence-electron chi connectivity index (χ0n) is 9.51. The van der Waals surface area contributed by atoms with Gasteiger partial charge in [-0.2, -0.15) is 0 Å². The van der Waals surface area contributed by atoms with E-state index in [9.17, 15) is 9.50 Å². The molecule has 96 valence electrons. The first kappa shape index (κ1) is 12.9. The molecular weight excluding hydrogens is 255 g/mol. The average molecular weight is 268 g/mol. The fourth-order valence-corrected chi connectivity index (χ4v) is 2.11. The van der Waals surface area contributed by atoms with Crippen LogP contribution in [0.15, 0.2) is 29.6 Å². The standard InChI is InChI=1S/C12H13FN2O2S/c13-9-3-1-8(2-4-9)11-7-18-12(15-11)14-5-10(17)6-16/h1-4,7,10,16-17H,5-6H2,(H,14,15)/t10-/m0/s1. The van der Waals surface area contributed by atoms with E-state index < -0.39 is 6.10 Å². The predicted molar refractivity (Wildman–Crippen MR) is 69.1 cm³/mol. The molecule has 1 aromatic carbocycles. The molecule has 3 N–H and O–H groups in total. The number of aliphatic hydroxyl groups is 2. The summed E-state index contributed by atoms with van der Waals surface area (Å²) in [6, 6.07) is 6.10. The van der Waals surface area contributed by atoms with Crippen LogP contribution in [0.4, 0.5) is 9.52 Å². The lowest BCUT2D eigenvalue weighted by molar-refractivity contribution is 0.105. The highest BCUT2D eigenvalue weighted by Crippen LogP contribution is 2.24. The number of hydrogen-bond acceptors (Lipinski definition) is 5. The number of nitrogens with one attached hydrogen (secondary N) is 1. The highest BCUT2D eigenvalue weighted by atomic mass is 32.1. The topological polar surface area (TPSA) is 65.4 Å². The summed E-state index contributed by atoms with van der Waals surface area (Å²) in [5.41, 5.74) is 1.59. The van der Waals surface area contributed by atoms with E-state index in [4.69, 9.17) is 5.11 Å². The van der Waals surface area contributed by atoms with Crippen molar-refractivity contribution < 1.29 is 14.6 Å². The number of benzene rings is 1. The second kappa shape index (κ2) is 5.90. The van der Waals surface area contributed by atoms with Gasteiger partial charge in [0, 0.05) is 17.5 Å². The summed E-state index contributed by atoms with van der Waals surface area (Å²) in [5.74, 6) is -0.279. The molecule has 0 bridgehead atoms. The molecule has 4 nitrogen and oxygen atoms in total. The molecule has 0 fully saturated rings. The molecule has 1 atom stereocenters. The van der Waals surface area contributed by atoms with Crippen LogP contribution in [0.1, 0.15) is 0 Å². The molecule has 6 heteroatoms. The van der Waals surface area contributed by atoms with Crippen molar-refractivity contribution in [1.29, 1.82) is 0 Å². The van der Waals surface area contributed by atoms with Crippen LogP contribution < -0.4 is 5.32 Å². The summed E-state index contributed by atoms with van der Waals surface area (Å²) >= 11 is 1.39. The smallest absolute Gasteiger partial charge is 0.183 e. The SMILES string of the molecule is OC[C@@H](O)CNc1nc(-c2ccc(F)cc2)cs1. The first-order valence-corrected chi connectivity index (χ1v) is 6.31. The number of thiazole rings is 1. The monoisotopic (exact) mass is 268 g/mol. The molecule has 0 amide bonds. The zero-order valence-corrected chi connectivity index (χ0v) is 10.3. The molecule has 0 radical (unpaired) electrons. The van der Waals surface area contributed by atoms with E-state index in [1.165, 1.54) is 23.5 Å². The first-order chi connectivity index (χ1) is 8.69. The van der Waals surface area contributed by atoms with Crippen LogP contribution >= 0.6 is 11.3 Å². The van der Waals surface area contributed by atoms with Gasteiger partial charge in [0.15, 0.2) is 5.13 Å². The maximum Gasteiger partial charge on any atom is 0.183 e. The minimum atomic E-state index is -0.803. The van der Waals surface area contributed by atoms with Gasteiger partial charge in [0.05, 0.1) is 18.4 Å². The Hall–Kier alpha value is -1.50. The highest BCUT2D eigenvalue weighted by Gasteiger charge is 2.06. The largest absolute Gasteiger partial charge is 0.394 e. The minimum Gasteiger partial charge on any atom is -0.394 e. The molecule has 0 unspecified atom stereocenters. The lowest BCUT2D eigenvalue weighted by Crippen LogP contribution is -2.22. The Morgan fingerprint density at radius 1 is 1.33 bits per heavy atom. The van der Waals surface area contributed by atoms with E-state index in [-0.39, 0.29) is 19.0 Å². The number of halogens is 1. The normalized spacial score (nSPS) is 12.4. The molecule has 18 heavy (non-hydrogen) atoms. The van der Waals surface area contributed by atoms with Crippen molar-refractivity contribution in [2.45, 2.75) is 6.10 Å². The Bertz CT molecular complexity index is 501. The second-order valence-electron chi connectivity index (χ2n) is 3.76. The Labute approximate surface area is 108 Å². The lowest BCUT2D eigenvalue weighted by Gasteiger charge is -2.06. The molecule has 2 aromatic rings. The summed E-state index contributed by atoms with van der Waals surface area (Å²) in [4.78, 5) is 4.31. The van der Waals surface area contributed by atoms with Gasteiger partial charge in [-0.3, -0.25) is 0 Å². The Morgan fingerprint density at radius 2 is 2.06 bits per heavy atom. The summed E-state index contributed by atoms with van der Waals surface area (Å²) in [5, 5.41) is 23.3. The van der Waals surface area contributed by atoms with Crippen molar-refractivity contribution in [2.24, 2.45) is 0 Å². The van der Waals surface area contributed by atoms with Crippen LogP contribution in [-0.4, -0.2) is 34.5 Å². The van der Waals surface area contributed by atoms with E-state index in [1.807, 2.05) is 5.38 Å². The predicted octanol–water partition coefficient (Wildman–Crippen LogP) is 1.71. The third kappa shape index (κ3) is 3.25. The fraction of sp³-hybridized carbons (Fsp3) is 0.250. The molecule has 0 saturated carbocycles. The first-order valence-electron chi connectivity index (χ1n) is 5.43. The quantitative estimate of drug-likeness (QED) is 0.772. The van der Waals surface area contributed by atoms with Crippen LogP contribution in [-0.2, 0) is 0 Å². The molecule has 0 saturated heterocycles. The molecule has 0 aliphatic carbocycles. The van der Waals surface area contributed by atoms with Crippen molar-refractivity contribution >= 4 is 16.5 Å². The Balaban J connectivity index is 2.03. The van der Waals surface area contributed by atoms with Crippen LogP contribution in [0.5, 0.6) is 0 Å². The fourth-order valence-electron chi connectivity index (χ4n) is 1.38. The van der Waals surface area contributed by atoms with Gasteiger partial charge in [0.25, 0.3) is 0 Å². The molecule has 0 aliphatic heterocycles. The molecule has 2 rings (SSSR count). The minimum absolute atomic E-state index is 0.243. The maximum absolute atomic E-state index is 12.8. The zero-order chi connectivity index (χ0) is 13.0. The summed E-state index contributed by atoms with van der Waals surface area (Å²) in [6.45, 7) is -0.0456.